The number of carbonyl (C=O) groups excluding carboxylic acids is 1. The van der Waals surface area contributed by atoms with E-state index in [1.165, 1.54) is 83.4 Å². The Balaban J connectivity index is -0.000000238. The van der Waals surface area contributed by atoms with Crippen molar-refractivity contribution in [3.8, 4) is 0 Å². The zero-order valence-electron chi connectivity index (χ0n) is 65.4. The van der Waals surface area contributed by atoms with Gasteiger partial charge in [-0.25, -0.2) is 0 Å². The fourth-order valence-corrected chi connectivity index (χ4v) is 10.3. The molecule has 3 atom stereocenters. The number of aliphatic hydroxyl groups is 4. The quantitative estimate of drug-likeness (QED) is 0.0445. The number of hydrogen-bond acceptors (Lipinski definition) is 24. The average Bonchev–Trinajstić information content (AvgIpc) is 2.54. The normalized spacial score (nSPS) is 15.0. The summed E-state index contributed by atoms with van der Waals surface area (Å²) in [4.78, 5) is 33.0. The molecule has 1 amide bonds. The highest BCUT2D eigenvalue weighted by Crippen LogP contribution is 2.16. The van der Waals surface area contributed by atoms with E-state index < -0.39 is 0 Å². The molecule has 3 aliphatic rings. The minimum atomic E-state index is 0.125. The second kappa shape index (κ2) is 84.3. The van der Waals surface area contributed by atoms with Gasteiger partial charge in [0.25, 0.3) is 0 Å². The standard InChI is InChI=1S/C10H16N2.C9H20N2.C9H22N2.C7H18N2O2.C7H14N2O.C7H16N2.C7H18N2.C6H16N2O2.2C5H14N2/c1-12(9-5-8-11)10-6-3-2-4-7-10;1-9-5-2-3-7-11(9)8-4-6-10;1-4-11(5-2)8-6-7-9(3)10;8-2-1-3-9(4-6-10)5-7-11;8-4-2-6-9-5-1-3-7(9)10;8-4-7-9-5-2-1-3-6-9;1-3-9(4-2)7-5-6-8;7-1-2-8(3-5-9)4-6-10;1-5(6)4-7(2)3;1-7(2)5-3-4-6/h2-4,6-7H,5,8-9,11H2,1H3;9H,2-8,10H2,1H3;9H,4-8,10H2,1-3H3;10-11H,1-8H2;1-6,8H2;1-8H2;3-8H2,1-2H3;9-10H,1-7H2;5H,4,6H2,1-3H3;3-6H2,1-2H3. The highest BCUT2D eigenvalue weighted by Gasteiger charge is 2.19. The van der Waals surface area contributed by atoms with E-state index in [9.17, 15) is 4.79 Å². The second-order valence-corrected chi connectivity index (χ2v) is 25.7. The molecule has 24 N–H and O–H groups in total. The Bertz CT molecular complexity index is 1570. The molecule has 3 saturated heterocycles. The number of anilines is 1. The van der Waals surface area contributed by atoms with Crippen LogP contribution >= 0.6 is 0 Å². The lowest BCUT2D eigenvalue weighted by Gasteiger charge is -2.33. The van der Waals surface area contributed by atoms with Crippen LogP contribution in [0.25, 0.3) is 0 Å². The number of hydrogen-bond donors (Lipinski definition) is 14. The summed E-state index contributed by atoms with van der Waals surface area (Å²) in [5, 5.41) is 34.3. The van der Waals surface area contributed by atoms with E-state index in [0.29, 0.717) is 63.8 Å². The Kier molecular flexibility index (Phi) is 91.7. The molecule has 0 bridgehead atoms. The summed E-state index contributed by atoms with van der Waals surface area (Å²) in [6, 6.07) is 11.8. The Morgan fingerprint density at radius 1 is 0.454 bits per heavy atom. The second-order valence-electron chi connectivity index (χ2n) is 25.7. The van der Waals surface area contributed by atoms with Crippen LogP contribution in [0, 0.1) is 0 Å². The van der Waals surface area contributed by atoms with E-state index in [2.05, 4.69) is 109 Å². The third kappa shape index (κ3) is 80.8. The first-order chi connectivity index (χ1) is 46.6. The van der Waals surface area contributed by atoms with Crippen LogP contribution in [0.15, 0.2) is 30.3 Å². The number of aliphatic hydroxyl groups excluding tert-OH is 4. The average molecular weight is 1390 g/mol. The minimum absolute atomic E-state index is 0.125. The summed E-state index contributed by atoms with van der Waals surface area (Å²) in [5.74, 6) is 0.299. The fourth-order valence-electron chi connectivity index (χ4n) is 10.3. The summed E-state index contributed by atoms with van der Waals surface area (Å²) in [6.07, 6.45) is 18.8. The summed E-state index contributed by atoms with van der Waals surface area (Å²) >= 11 is 0. The van der Waals surface area contributed by atoms with Gasteiger partial charge in [-0.05, 0) is 262 Å². The van der Waals surface area contributed by atoms with Gasteiger partial charge in [0, 0.05) is 116 Å². The minimum Gasteiger partial charge on any atom is -0.395 e. The molecule has 586 valence electrons. The Morgan fingerprint density at radius 3 is 1.27 bits per heavy atom. The van der Waals surface area contributed by atoms with Crippen LogP contribution in [-0.2, 0) is 4.79 Å². The molecule has 0 aliphatic carbocycles. The van der Waals surface area contributed by atoms with Crippen molar-refractivity contribution >= 4 is 11.6 Å². The lowest BCUT2D eigenvalue weighted by molar-refractivity contribution is -0.127. The Labute approximate surface area is 598 Å². The largest absolute Gasteiger partial charge is 0.395 e. The molecular weight excluding hydrogens is 1220 g/mol. The number of nitrogens with zero attached hydrogens (tertiary/aromatic N) is 10. The summed E-state index contributed by atoms with van der Waals surface area (Å²) in [6.45, 7) is 43.7. The molecular formula is C72H168N20O5. The number of piperidine rings is 2. The van der Waals surface area contributed by atoms with Crippen LogP contribution in [0.3, 0.4) is 0 Å². The van der Waals surface area contributed by atoms with Crippen molar-refractivity contribution in [2.75, 3.05) is 263 Å². The van der Waals surface area contributed by atoms with Crippen molar-refractivity contribution in [3.63, 3.8) is 0 Å². The highest BCUT2D eigenvalue weighted by molar-refractivity contribution is 5.78. The summed E-state index contributed by atoms with van der Waals surface area (Å²) < 4.78 is 0. The zero-order chi connectivity index (χ0) is 74.6. The van der Waals surface area contributed by atoms with Crippen LogP contribution < -0.4 is 62.2 Å². The lowest BCUT2D eigenvalue weighted by atomic mass is 10.0. The van der Waals surface area contributed by atoms with Crippen LogP contribution in [0.2, 0.25) is 0 Å². The van der Waals surface area contributed by atoms with Gasteiger partial charge in [0.05, 0.1) is 26.4 Å². The van der Waals surface area contributed by atoms with Crippen molar-refractivity contribution < 1.29 is 25.2 Å². The van der Waals surface area contributed by atoms with Gasteiger partial charge in [-0.15, -0.1) is 0 Å². The van der Waals surface area contributed by atoms with Crippen molar-refractivity contribution in [1.82, 2.24) is 44.1 Å². The van der Waals surface area contributed by atoms with Gasteiger partial charge in [0.2, 0.25) is 5.91 Å². The van der Waals surface area contributed by atoms with Gasteiger partial charge >= 0.3 is 0 Å². The first-order valence-corrected chi connectivity index (χ1v) is 37.8. The first kappa shape index (κ1) is 106. The predicted octanol–water partition coefficient (Wildman–Crippen LogP) is 1.85. The van der Waals surface area contributed by atoms with E-state index in [-0.39, 0.29) is 26.4 Å². The Hall–Kier alpha value is -2.39. The van der Waals surface area contributed by atoms with Crippen molar-refractivity contribution in [2.24, 2.45) is 57.3 Å². The number of nitrogens with two attached hydrogens (primary N) is 10. The number of rotatable bonds is 41. The number of likely N-dealkylation sites (N-methyl/N-ethyl adjacent to an activating group) is 1. The summed E-state index contributed by atoms with van der Waals surface area (Å²) in [5.41, 5.74) is 55.2. The van der Waals surface area contributed by atoms with Gasteiger partial charge in [0.15, 0.2) is 0 Å². The van der Waals surface area contributed by atoms with Crippen LogP contribution in [0.1, 0.15) is 151 Å². The molecule has 4 rings (SSSR count). The first-order valence-electron chi connectivity index (χ1n) is 37.8. The smallest absolute Gasteiger partial charge is 0.222 e. The van der Waals surface area contributed by atoms with Gasteiger partial charge in [-0.2, -0.15) is 0 Å². The van der Waals surface area contributed by atoms with Crippen molar-refractivity contribution in [3.05, 3.63) is 30.3 Å². The Morgan fingerprint density at radius 2 is 0.897 bits per heavy atom. The van der Waals surface area contributed by atoms with Gasteiger partial charge in [0.1, 0.15) is 0 Å². The number of carbonyl (C=O) groups is 1. The van der Waals surface area contributed by atoms with Crippen LogP contribution in [0.5, 0.6) is 0 Å². The molecule has 3 unspecified atom stereocenters. The number of benzene rings is 1. The lowest BCUT2D eigenvalue weighted by Crippen LogP contribution is -2.38. The maximum absolute atomic E-state index is 11.0. The molecule has 0 radical (unpaired) electrons. The topological polar surface area (TPSA) is 391 Å². The molecule has 3 fully saturated rings. The van der Waals surface area contributed by atoms with Gasteiger partial charge < -0.3 is 117 Å². The van der Waals surface area contributed by atoms with E-state index in [1.54, 1.807) is 0 Å². The molecule has 3 heterocycles. The molecule has 25 nitrogen and oxygen atoms in total. The van der Waals surface area contributed by atoms with E-state index in [4.69, 9.17) is 77.8 Å². The maximum Gasteiger partial charge on any atom is 0.222 e. The third-order valence-electron chi connectivity index (χ3n) is 16.0. The van der Waals surface area contributed by atoms with Gasteiger partial charge in [-0.3, -0.25) is 14.6 Å². The third-order valence-corrected chi connectivity index (χ3v) is 16.0. The SMILES string of the molecule is CC(N)CN(C)C.CC1CCCCN1CCCN.CCN(CC)CCCC(C)N.CCN(CC)CCCN.CN(C)CCCN.CN(CCCN)c1ccccc1.NCCCN(CCO)CCO.NCCCN1CCCC1=O.NCCN(CCO)CCO.NCCN1CCCCC1. The molecule has 0 spiro atoms. The number of likely N-dealkylation sites (tertiary alicyclic amines) is 3. The monoisotopic (exact) mass is 1390 g/mol. The van der Waals surface area contributed by atoms with Crippen LogP contribution in [0.4, 0.5) is 5.69 Å². The van der Waals surface area contributed by atoms with Crippen molar-refractivity contribution in [1.29, 1.82) is 0 Å². The molecule has 0 aromatic heterocycles. The highest BCUT2D eigenvalue weighted by atomic mass is 16.3. The molecule has 25 heteroatoms. The summed E-state index contributed by atoms with van der Waals surface area (Å²) in [7, 11) is 10.2. The fraction of sp³-hybridized carbons (Fsp3) is 0.903. The van der Waals surface area contributed by atoms with E-state index >= 15 is 0 Å². The maximum atomic E-state index is 11.0. The van der Waals surface area contributed by atoms with E-state index in [0.717, 1.165) is 182 Å². The number of para-hydroxylation sites is 1. The molecule has 3 aliphatic heterocycles. The predicted molar refractivity (Wildman–Crippen MR) is 421 cm³/mol. The van der Waals surface area contributed by atoms with E-state index in [1.807, 2.05) is 53.9 Å². The molecule has 1 aromatic rings. The zero-order valence-corrected chi connectivity index (χ0v) is 65.4. The van der Waals surface area contributed by atoms with Crippen LogP contribution in [-0.4, -0.2) is 347 Å². The van der Waals surface area contributed by atoms with Gasteiger partial charge in [-0.1, -0.05) is 58.7 Å². The number of amides is 1. The molecule has 1 aromatic carbocycles. The van der Waals surface area contributed by atoms with Crippen molar-refractivity contribution in [2.45, 2.75) is 169 Å². The molecule has 97 heavy (non-hydrogen) atoms. The molecule has 0 saturated carbocycles.